The predicted octanol–water partition coefficient (Wildman–Crippen LogP) is 7.41. The van der Waals surface area contributed by atoms with Crippen LogP contribution in [0.3, 0.4) is 0 Å². The van der Waals surface area contributed by atoms with Crippen LogP contribution in [-0.4, -0.2) is 49.3 Å². The van der Waals surface area contributed by atoms with Gasteiger partial charge in [0.1, 0.15) is 6.61 Å². The van der Waals surface area contributed by atoms with E-state index in [2.05, 4.69) is 33.0 Å². The van der Waals surface area contributed by atoms with Crippen molar-refractivity contribution in [3.8, 4) is 5.75 Å². The minimum atomic E-state index is -0.120. The first kappa shape index (κ1) is 27.1. The van der Waals surface area contributed by atoms with Crippen LogP contribution in [0.2, 0.25) is 10.0 Å². The Kier molecular flexibility index (Phi) is 8.65. The lowest BCUT2D eigenvalue weighted by atomic mass is 10.2. The summed E-state index contributed by atoms with van der Waals surface area (Å²) in [6, 6.07) is 19.2. The number of anilines is 1. The zero-order valence-corrected chi connectivity index (χ0v) is 24.4. The number of amidine groups is 1. The molecule has 0 bridgehead atoms. The number of benzene rings is 3. The lowest BCUT2D eigenvalue weighted by molar-refractivity contribution is -0.121. The molecule has 0 aromatic heterocycles. The summed E-state index contributed by atoms with van der Waals surface area (Å²) in [6.07, 6.45) is 1.81. The first-order valence-electron chi connectivity index (χ1n) is 11.9. The number of amides is 1. The maximum absolute atomic E-state index is 13.0. The number of halogens is 3. The van der Waals surface area contributed by atoms with Crippen LogP contribution in [0.4, 0.5) is 11.4 Å². The van der Waals surface area contributed by atoms with Crippen LogP contribution in [0.15, 0.2) is 75.0 Å². The van der Waals surface area contributed by atoms with Crippen molar-refractivity contribution >= 4 is 79.4 Å². The minimum absolute atomic E-state index is 0.120. The number of ether oxygens (including phenoxy) is 2. The third-order valence-corrected chi connectivity index (χ3v) is 8.40. The van der Waals surface area contributed by atoms with Crippen molar-refractivity contribution < 1.29 is 14.3 Å². The van der Waals surface area contributed by atoms with Gasteiger partial charge in [-0.1, -0.05) is 41.4 Å². The molecule has 0 aliphatic carbocycles. The fourth-order valence-electron chi connectivity index (χ4n) is 4.04. The highest BCUT2D eigenvalue weighted by molar-refractivity contribution is 9.10. The van der Waals surface area contributed by atoms with E-state index in [4.69, 9.17) is 37.7 Å². The number of carbonyl (C=O) groups excluding carboxylic acids is 1. The molecule has 10 heteroatoms. The summed E-state index contributed by atoms with van der Waals surface area (Å²) >= 11 is 17.7. The number of likely N-dealkylation sites (N-methyl/N-ethyl adjacent to an activating group) is 1. The molecule has 2 fully saturated rings. The van der Waals surface area contributed by atoms with Gasteiger partial charge in [0.15, 0.2) is 10.9 Å². The van der Waals surface area contributed by atoms with Gasteiger partial charge >= 0.3 is 0 Å². The zero-order chi connectivity index (χ0) is 26.6. The van der Waals surface area contributed by atoms with E-state index in [0.29, 0.717) is 30.3 Å². The molecule has 3 aromatic carbocycles. The van der Waals surface area contributed by atoms with Crippen LogP contribution in [-0.2, 0) is 16.1 Å². The van der Waals surface area contributed by atoms with Crippen molar-refractivity contribution in [1.82, 2.24) is 4.90 Å². The van der Waals surface area contributed by atoms with Gasteiger partial charge in [0.25, 0.3) is 5.91 Å². The zero-order valence-electron chi connectivity index (χ0n) is 20.5. The molecule has 0 spiro atoms. The van der Waals surface area contributed by atoms with Gasteiger partial charge < -0.3 is 14.4 Å². The Labute approximate surface area is 244 Å². The molecule has 6 nitrogen and oxygen atoms in total. The molecule has 0 N–H and O–H groups in total. The van der Waals surface area contributed by atoms with Gasteiger partial charge in [0.05, 0.1) is 33.3 Å². The summed E-state index contributed by atoms with van der Waals surface area (Å²) in [4.78, 5) is 22.1. The van der Waals surface area contributed by atoms with E-state index in [0.717, 1.165) is 48.8 Å². The Morgan fingerprint density at radius 1 is 1.08 bits per heavy atom. The average Bonchev–Trinajstić information content (AvgIpc) is 3.17. The molecule has 0 unspecified atom stereocenters. The lowest BCUT2D eigenvalue weighted by Gasteiger charge is -2.28. The molecular formula is C28H24BrCl2N3O3S. The number of carbonyl (C=O) groups is 1. The monoisotopic (exact) mass is 631 g/mol. The number of aliphatic imine (C=N–C) groups is 1. The maximum Gasteiger partial charge on any atom is 0.266 e. The van der Waals surface area contributed by atoms with Crippen LogP contribution in [0.5, 0.6) is 5.75 Å². The van der Waals surface area contributed by atoms with Gasteiger partial charge in [0, 0.05) is 36.4 Å². The Hall–Kier alpha value is -2.49. The third-order valence-electron chi connectivity index (χ3n) is 6.10. The van der Waals surface area contributed by atoms with Gasteiger partial charge in [0.2, 0.25) is 0 Å². The topological polar surface area (TPSA) is 54.4 Å². The van der Waals surface area contributed by atoms with Crippen molar-refractivity contribution in [2.45, 2.75) is 6.61 Å². The normalized spacial score (nSPS) is 18.1. The summed E-state index contributed by atoms with van der Waals surface area (Å²) in [7, 11) is 1.73. The van der Waals surface area contributed by atoms with Gasteiger partial charge in [-0.05, 0) is 81.8 Å². The molecule has 38 heavy (non-hydrogen) atoms. The standard InChI is InChI=1S/C28H24BrCl2N3O3S/c1-33-27(35)25(38-28(33)32-20-6-8-21(9-7-20)34-10-12-36-13-11-34)16-18-14-22(29)26(24(31)15-18)37-17-19-4-2-3-5-23(19)30/h2-9,14-16H,10-13,17H2,1H3/b25-16-,32-28?. The van der Waals surface area contributed by atoms with Gasteiger partial charge in [-0.2, -0.15) is 0 Å². The molecule has 2 aliphatic heterocycles. The van der Waals surface area contributed by atoms with Crippen LogP contribution < -0.4 is 9.64 Å². The SMILES string of the molecule is CN1C(=O)/C(=C/c2cc(Cl)c(OCc3ccccc3Cl)c(Br)c2)SC1=Nc1ccc(N2CCOCC2)cc1. The van der Waals surface area contributed by atoms with E-state index in [9.17, 15) is 4.79 Å². The molecule has 3 aromatic rings. The van der Waals surface area contributed by atoms with Crippen LogP contribution in [0, 0.1) is 0 Å². The Bertz CT molecular complexity index is 1390. The van der Waals surface area contributed by atoms with Crippen molar-refractivity contribution in [1.29, 1.82) is 0 Å². The molecule has 2 aliphatic rings. The van der Waals surface area contributed by atoms with E-state index in [1.165, 1.54) is 11.8 Å². The molecular weight excluding hydrogens is 609 g/mol. The Morgan fingerprint density at radius 3 is 2.53 bits per heavy atom. The second-order valence-corrected chi connectivity index (χ2v) is 11.4. The predicted molar refractivity (Wildman–Crippen MR) is 160 cm³/mol. The van der Waals surface area contributed by atoms with Gasteiger partial charge in [-0.25, -0.2) is 4.99 Å². The number of morpholine rings is 1. The number of nitrogens with zero attached hydrogens (tertiary/aromatic N) is 3. The number of thioether (sulfide) groups is 1. The smallest absolute Gasteiger partial charge is 0.266 e. The van der Waals surface area contributed by atoms with Crippen molar-refractivity contribution in [2.75, 3.05) is 38.3 Å². The minimum Gasteiger partial charge on any atom is -0.486 e. The molecule has 5 rings (SSSR count). The second-order valence-electron chi connectivity index (χ2n) is 8.68. The first-order chi connectivity index (χ1) is 18.4. The average molecular weight is 633 g/mol. The van der Waals surface area contributed by atoms with Crippen LogP contribution in [0.25, 0.3) is 6.08 Å². The van der Waals surface area contributed by atoms with E-state index < -0.39 is 0 Å². The summed E-state index contributed by atoms with van der Waals surface area (Å²) in [5, 5.41) is 1.68. The molecule has 1 amide bonds. The quantitative estimate of drug-likeness (QED) is 0.265. The highest BCUT2D eigenvalue weighted by Crippen LogP contribution is 2.38. The first-order valence-corrected chi connectivity index (χ1v) is 14.3. The van der Waals surface area contributed by atoms with Gasteiger partial charge in [-0.3, -0.25) is 9.69 Å². The highest BCUT2D eigenvalue weighted by Gasteiger charge is 2.30. The fraction of sp³-hybridized carbons (Fsp3) is 0.214. The molecule has 0 saturated carbocycles. The largest absolute Gasteiger partial charge is 0.486 e. The Balaban J connectivity index is 1.30. The van der Waals surface area contributed by atoms with Crippen molar-refractivity contribution in [3.05, 3.63) is 91.2 Å². The third kappa shape index (κ3) is 6.21. The van der Waals surface area contributed by atoms with Crippen molar-refractivity contribution in [3.63, 3.8) is 0 Å². The van der Waals surface area contributed by atoms with E-state index in [1.807, 2.05) is 48.5 Å². The second kappa shape index (κ2) is 12.1. The molecule has 2 saturated heterocycles. The molecule has 0 atom stereocenters. The summed E-state index contributed by atoms with van der Waals surface area (Å²) < 4.78 is 12.0. The lowest BCUT2D eigenvalue weighted by Crippen LogP contribution is -2.36. The molecule has 0 radical (unpaired) electrons. The summed E-state index contributed by atoms with van der Waals surface area (Å²) in [5.74, 6) is 0.393. The number of rotatable bonds is 6. The maximum atomic E-state index is 13.0. The molecule has 196 valence electrons. The fourth-order valence-corrected chi connectivity index (χ4v) is 6.21. The van der Waals surface area contributed by atoms with E-state index in [1.54, 1.807) is 18.0 Å². The number of hydrogen-bond acceptors (Lipinski definition) is 6. The van der Waals surface area contributed by atoms with Crippen LogP contribution >= 0.6 is 50.9 Å². The van der Waals surface area contributed by atoms with Crippen molar-refractivity contribution in [2.24, 2.45) is 4.99 Å². The number of hydrogen-bond donors (Lipinski definition) is 0. The molecule has 2 heterocycles. The highest BCUT2D eigenvalue weighted by atomic mass is 79.9. The van der Waals surface area contributed by atoms with E-state index in [-0.39, 0.29) is 12.5 Å². The Morgan fingerprint density at radius 2 is 1.82 bits per heavy atom. The van der Waals surface area contributed by atoms with Crippen LogP contribution in [0.1, 0.15) is 11.1 Å². The van der Waals surface area contributed by atoms with E-state index >= 15 is 0 Å². The summed E-state index contributed by atoms with van der Waals surface area (Å²) in [6.45, 7) is 3.52. The van der Waals surface area contributed by atoms with Gasteiger partial charge in [-0.15, -0.1) is 0 Å². The summed E-state index contributed by atoms with van der Waals surface area (Å²) in [5.41, 5.74) is 3.56.